The quantitative estimate of drug-likeness (QED) is 0.247. The number of rotatable bonds is 7. The standard InChI is InChI=1S/C31H36F6N6O2.C2H4O2/c1-18-11-19(2)27-25(12-18)26(5-4-10-42(27)16-20-6-8-22(9-7-20)28(44)45)43(29-38-40-41(3)39-29)17-21-13-23(30(32,33)34)15-24(14-21)31(35,36)37;1-2(3)4/h11-15,20,22,26H,4-10,16-17H2,1-3H3,(H,44,45);1H3,(H,3,4)/t20-,22-,26-;/m0./s1. The van der Waals surface area contributed by atoms with Gasteiger partial charge >= 0.3 is 18.3 Å². The molecule has 2 aromatic carbocycles. The summed E-state index contributed by atoms with van der Waals surface area (Å²) in [6.45, 7) is 6.13. The molecule has 10 nitrogen and oxygen atoms in total. The third-order valence-electron chi connectivity index (χ3n) is 8.86. The molecular weight excluding hydrogens is 658 g/mol. The van der Waals surface area contributed by atoms with E-state index >= 15 is 0 Å². The fourth-order valence-corrected chi connectivity index (χ4v) is 6.85. The number of carboxylic acid groups (broad SMARTS) is 2. The number of halogens is 6. The lowest BCUT2D eigenvalue weighted by atomic mass is 9.81. The average Bonchev–Trinajstić information content (AvgIpc) is 3.34. The highest BCUT2D eigenvalue weighted by molar-refractivity contribution is 5.70. The van der Waals surface area contributed by atoms with E-state index < -0.39 is 41.5 Å². The number of carbonyl (C=O) groups is 2. The van der Waals surface area contributed by atoms with E-state index in [4.69, 9.17) is 9.90 Å². The second-order valence-electron chi connectivity index (χ2n) is 12.8. The summed E-state index contributed by atoms with van der Waals surface area (Å²) < 4.78 is 82.4. The van der Waals surface area contributed by atoms with Crippen LogP contribution in [0, 0.1) is 25.7 Å². The number of hydrogen-bond acceptors (Lipinski definition) is 7. The van der Waals surface area contributed by atoms with Crippen LogP contribution in [0.25, 0.3) is 0 Å². The summed E-state index contributed by atoms with van der Waals surface area (Å²) in [6, 6.07) is 5.23. The Labute approximate surface area is 279 Å². The Morgan fingerprint density at radius 3 is 2.02 bits per heavy atom. The topological polar surface area (TPSA) is 125 Å². The van der Waals surface area contributed by atoms with Crippen LogP contribution in [0.4, 0.5) is 38.0 Å². The monoisotopic (exact) mass is 698 g/mol. The van der Waals surface area contributed by atoms with Gasteiger partial charge in [-0.3, -0.25) is 9.59 Å². The van der Waals surface area contributed by atoms with Gasteiger partial charge in [-0.2, -0.15) is 31.1 Å². The van der Waals surface area contributed by atoms with Crippen molar-refractivity contribution in [2.24, 2.45) is 18.9 Å². The van der Waals surface area contributed by atoms with Gasteiger partial charge < -0.3 is 20.0 Å². The van der Waals surface area contributed by atoms with Crippen LogP contribution >= 0.6 is 0 Å². The first-order valence-corrected chi connectivity index (χ1v) is 15.9. The molecule has 1 fully saturated rings. The van der Waals surface area contributed by atoms with E-state index in [9.17, 15) is 36.2 Å². The smallest absolute Gasteiger partial charge is 0.416 e. The number of carboxylic acids is 2. The van der Waals surface area contributed by atoms with Gasteiger partial charge in [0, 0.05) is 32.2 Å². The van der Waals surface area contributed by atoms with E-state index in [1.807, 2.05) is 19.9 Å². The SMILES string of the molecule is CC(=O)O.Cc1cc(C)c2c(c1)[C@@H](N(Cc1cc(C(F)(F)F)cc(C(F)(F)F)c1)c1nnn(C)n1)CCCN2C[C@H]1CC[C@H](C(=O)O)CC1. The van der Waals surface area contributed by atoms with E-state index in [0.717, 1.165) is 60.8 Å². The maximum absolute atomic E-state index is 13.7. The lowest BCUT2D eigenvalue weighted by molar-refractivity contribution is -0.144. The Morgan fingerprint density at radius 2 is 1.51 bits per heavy atom. The highest BCUT2D eigenvalue weighted by Gasteiger charge is 2.38. The van der Waals surface area contributed by atoms with Crippen molar-refractivity contribution in [3.05, 3.63) is 63.7 Å². The largest absolute Gasteiger partial charge is 0.481 e. The first kappa shape index (κ1) is 37.4. The Kier molecular flexibility index (Phi) is 11.5. The van der Waals surface area contributed by atoms with E-state index in [0.29, 0.717) is 38.1 Å². The number of aliphatic carboxylic acids is 2. The minimum absolute atomic E-state index is 0.0963. The van der Waals surface area contributed by atoms with E-state index in [1.165, 1.54) is 11.8 Å². The number of aromatic nitrogens is 4. The van der Waals surface area contributed by atoms with Gasteiger partial charge in [0.2, 0.25) is 0 Å². The summed E-state index contributed by atoms with van der Waals surface area (Å²) in [5.41, 5.74) is 0.892. The second kappa shape index (κ2) is 15.0. The van der Waals surface area contributed by atoms with Crippen molar-refractivity contribution in [1.82, 2.24) is 20.2 Å². The molecule has 2 heterocycles. The van der Waals surface area contributed by atoms with E-state index in [-0.39, 0.29) is 30.0 Å². The molecule has 0 saturated heterocycles. The molecule has 1 aliphatic heterocycles. The molecule has 0 amide bonds. The van der Waals surface area contributed by atoms with Gasteiger partial charge in [-0.05, 0) is 98.4 Å². The molecule has 5 rings (SSSR count). The van der Waals surface area contributed by atoms with Crippen LogP contribution in [0.5, 0.6) is 0 Å². The van der Waals surface area contributed by atoms with E-state index in [2.05, 4.69) is 26.4 Å². The molecule has 0 radical (unpaired) electrons. The van der Waals surface area contributed by atoms with Crippen molar-refractivity contribution in [3.8, 4) is 0 Å². The fourth-order valence-electron chi connectivity index (χ4n) is 6.85. The molecule has 0 bridgehead atoms. The second-order valence-corrected chi connectivity index (χ2v) is 12.8. The zero-order valence-electron chi connectivity index (χ0n) is 27.6. The number of tetrazole rings is 1. The summed E-state index contributed by atoms with van der Waals surface area (Å²) in [7, 11) is 1.54. The highest BCUT2D eigenvalue weighted by Crippen LogP contribution is 2.43. The van der Waals surface area contributed by atoms with Crippen molar-refractivity contribution < 1.29 is 46.1 Å². The van der Waals surface area contributed by atoms with Crippen LogP contribution in [-0.2, 0) is 35.5 Å². The normalized spacial score (nSPS) is 19.7. The highest BCUT2D eigenvalue weighted by atomic mass is 19.4. The molecule has 0 unspecified atom stereocenters. The maximum Gasteiger partial charge on any atom is 0.416 e. The third-order valence-corrected chi connectivity index (χ3v) is 8.86. The Morgan fingerprint density at radius 1 is 0.918 bits per heavy atom. The number of anilines is 2. The van der Waals surface area contributed by atoms with Crippen LogP contribution in [0.15, 0.2) is 30.3 Å². The molecule has 1 saturated carbocycles. The summed E-state index contributed by atoms with van der Waals surface area (Å²) in [5, 5.41) is 29.2. The van der Waals surface area contributed by atoms with E-state index in [1.54, 1.807) is 4.90 Å². The van der Waals surface area contributed by atoms with Crippen LogP contribution < -0.4 is 9.80 Å². The zero-order valence-corrected chi connectivity index (χ0v) is 27.6. The predicted molar refractivity (Wildman–Crippen MR) is 168 cm³/mol. The summed E-state index contributed by atoms with van der Waals surface area (Å²) >= 11 is 0. The maximum atomic E-state index is 13.7. The first-order valence-electron chi connectivity index (χ1n) is 15.9. The van der Waals surface area contributed by atoms with Crippen molar-refractivity contribution in [2.45, 2.75) is 84.2 Å². The Bertz CT molecular complexity index is 1600. The molecule has 268 valence electrons. The number of benzene rings is 2. The molecule has 2 aliphatic rings. The minimum Gasteiger partial charge on any atom is -0.481 e. The molecule has 1 aromatic heterocycles. The first-order chi connectivity index (χ1) is 22.8. The number of aryl methyl sites for hydroxylation is 3. The number of alkyl halides is 6. The lowest BCUT2D eigenvalue weighted by Gasteiger charge is -2.36. The van der Waals surface area contributed by atoms with Gasteiger partial charge in [-0.15, -0.1) is 5.10 Å². The van der Waals surface area contributed by atoms with Gasteiger partial charge in [-0.25, -0.2) is 0 Å². The zero-order chi connectivity index (χ0) is 36.3. The van der Waals surface area contributed by atoms with Gasteiger partial charge in [0.05, 0.1) is 30.1 Å². The van der Waals surface area contributed by atoms with Crippen molar-refractivity contribution in [1.29, 1.82) is 0 Å². The lowest BCUT2D eigenvalue weighted by Crippen LogP contribution is -2.34. The summed E-state index contributed by atoms with van der Waals surface area (Å²) in [6.07, 6.45) is -5.87. The Balaban J connectivity index is 0.00000128. The molecule has 1 aliphatic carbocycles. The van der Waals surface area contributed by atoms with Crippen LogP contribution in [0.3, 0.4) is 0 Å². The van der Waals surface area contributed by atoms with Gasteiger partial charge in [0.25, 0.3) is 11.9 Å². The van der Waals surface area contributed by atoms with Gasteiger partial charge in [-0.1, -0.05) is 22.8 Å². The average molecular weight is 699 g/mol. The molecule has 49 heavy (non-hydrogen) atoms. The number of fused-ring (bicyclic) bond motifs is 1. The molecule has 0 spiro atoms. The van der Waals surface area contributed by atoms with Crippen molar-refractivity contribution >= 4 is 23.6 Å². The van der Waals surface area contributed by atoms with Crippen LogP contribution in [-0.4, -0.2) is 55.4 Å². The van der Waals surface area contributed by atoms with Crippen LogP contribution in [0.2, 0.25) is 0 Å². The van der Waals surface area contributed by atoms with Gasteiger partial charge in [0.1, 0.15) is 0 Å². The molecule has 16 heteroatoms. The third kappa shape index (κ3) is 9.63. The van der Waals surface area contributed by atoms with Gasteiger partial charge in [0.15, 0.2) is 0 Å². The van der Waals surface area contributed by atoms with Crippen LogP contribution in [0.1, 0.15) is 84.9 Å². The number of nitrogens with zero attached hydrogens (tertiary/aromatic N) is 6. The van der Waals surface area contributed by atoms with Crippen molar-refractivity contribution in [2.75, 3.05) is 22.9 Å². The molecule has 2 N–H and O–H groups in total. The summed E-state index contributed by atoms with van der Waals surface area (Å²) in [5.74, 6) is -1.52. The Hall–Kier alpha value is -4.37. The van der Waals surface area contributed by atoms with Crippen molar-refractivity contribution in [3.63, 3.8) is 0 Å². The molecular formula is C33H40F6N6O4. The predicted octanol–water partition coefficient (Wildman–Crippen LogP) is 7.19. The summed E-state index contributed by atoms with van der Waals surface area (Å²) in [4.78, 5) is 25.6. The number of hydrogen-bond donors (Lipinski definition) is 2. The molecule has 3 aromatic rings. The molecule has 1 atom stereocenters. The fraction of sp³-hybridized carbons (Fsp3) is 0.545. The minimum atomic E-state index is -4.97.